The van der Waals surface area contributed by atoms with Gasteiger partial charge in [-0.15, -0.1) is 0 Å². The third-order valence-corrected chi connectivity index (χ3v) is 2.54. The predicted octanol–water partition coefficient (Wildman–Crippen LogP) is 2.17. The monoisotopic (exact) mass is 274 g/mol. The first-order valence-electron chi connectivity index (χ1n) is 5.47. The van der Waals surface area contributed by atoms with Crippen LogP contribution in [0, 0.1) is 21.7 Å². The van der Waals surface area contributed by atoms with Gasteiger partial charge in [0.15, 0.2) is 17.3 Å². The number of benzene rings is 1. The summed E-state index contributed by atoms with van der Waals surface area (Å²) in [4.78, 5) is 21.6. The topological polar surface area (TPSA) is 83.7 Å². The molecule has 1 aromatic rings. The van der Waals surface area contributed by atoms with Crippen molar-refractivity contribution in [1.82, 2.24) is 0 Å². The Labute approximate surface area is 107 Å². The Hall–Kier alpha value is -2.25. The van der Waals surface area contributed by atoms with Crippen molar-refractivity contribution in [2.24, 2.45) is 0 Å². The van der Waals surface area contributed by atoms with Gasteiger partial charge in [0.05, 0.1) is 11.3 Å². The Morgan fingerprint density at radius 3 is 2.58 bits per heavy atom. The summed E-state index contributed by atoms with van der Waals surface area (Å²) in [6.07, 6.45) is -0.332. The molecule has 0 radical (unpaired) electrons. The first-order chi connectivity index (χ1) is 8.88. The average Bonchev–Trinajstić information content (AvgIpc) is 2.34. The van der Waals surface area contributed by atoms with Gasteiger partial charge in [-0.05, 0) is 13.0 Å². The van der Waals surface area contributed by atoms with Crippen LogP contribution in [-0.4, -0.2) is 29.1 Å². The number of carboxylic acids is 1. The van der Waals surface area contributed by atoms with Gasteiger partial charge in [-0.2, -0.15) is 0 Å². The van der Waals surface area contributed by atoms with E-state index in [0.717, 1.165) is 11.0 Å². The Balaban J connectivity index is 3.23. The molecule has 0 amide bonds. The fourth-order valence-corrected chi connectivity index (χ4v) is 1.64. The fourth-order valence-electron chi connectivity index (χ4n) is 1.64. The summed E-state index contributed by atoms with van der Waals surface area (Å²) in [7, 11) is 0. The van der Waals surface area contributed by atoms with Crippen LogP contribution in [0.3, 0.4) is 0 Å². The number of aliphatic carboxylic acids is 1. The van der Waals surface area contributed by atoms with Gasteiger partial charge >= 0.3 is 5.97 Å². The second-order valence-corrected chi connectivity index (χ2v) is 3.71. The highest BCUT2D eigenvalue weighted by atomic mass is 19.2. The lowest BCUT2D eigenvalue weighted by Crippen LogP contribution is -2.27. The second-order valence-electron chi connectivity index (χ2n) is 3.71. The van der Waals surface area contributed by atoms with Crippen LogP contribution < -0.4 is 4.90 Å². The molecule has 0 aromatic heterocycles. The summed E-state index contributed by atoms with van der Waals surface area (Å²) in [6, 6.07) is 1.53. The smallest absolute Gasteiger partial charge is 0.305 e. The maximum Gasteiger partial charge on any atom is 0.305 e. The van der Waals surface area contributed by atoms with E-state index in [1.165, 1.54) is 0 Å². The third kappa shape index (κ3) is 3.36. The van der Waals surface area contributed by atoms with Crippen LogP contribution in [0.5, 0.6) is 0 Å². The molecule has 0 fully saturated rings. The molecule has 0 heterocycles. The van der Waals surface area contributed by atoms with Gasteiger partial charge in [0, 0.05) is 19.2 Å². The number of rotatable bonds is 6. The van der Waals surface area contributed by atoms with Crippen molar-refractivity contribution in [2.45, 2.75) is 13.3 Å². The molecular formula is C11H12F2N2O4. The van der Waals surface area contributed by atoms with E-state index >= 15 is 0 Å². The van der Waals surface area contributed by atoms with Crippen LogP contribution in [0.2, 0.25) is 0 Å². The number of hydrogen-bond donors (Lipinski definition) is 1. The molecule has 0 aliphatic carbocycles. The van der Waals surface area contributed by atoms with E-state index in [-0.39, 0.29) is 19.5 Å². The van der Waals surface area contributed by atoms with Crippen molar-refractivity contribution in [3.63, 3.8) is 0 Å². The maximum absolute atomic E-state index is 13.7. The number of nitrogens with zero attached hydrogens (tertiary/aromatic N) is 2. The molecule has 0 saturated carbocycles. The van der Waals surface area contributed by atoms with Crippen LogP contribution in [0.15, 0.2) is 12.1 Å². The second kappa shape index (κ2) is 6.07. The lowest BCUT2D eigenvalue weighted by atomic mass is 10.2. The predicted molar refractivity (Wildman–Crippen MR) is 63.2 cm³/mol. The summed E-state index contributed by atoms with van der Waals surface area (Å²) in [5, 5.41) is 19.4. The molecule has 0 saturated heterocycles. The average molecular weight is 274 g/mol. The summed E-state index contributed by atoms with van der Waals surface area (Å²) in [6.45, 7) is 1.54. The first kappa shape index (κ1) is 14.8. The molecule has 1 rings (SSSR count). The zero-order chi connectivity index (χ0) is 14.6. The summed E-state index contributed by atoms with van der Waals surface area (Å²) >= 11 is 0. The molecule has 0 aliphatic rings. The summed E-state index contributed by atoms with van der Waals surface area (Å²) < 4.78 is 26.9. The quantitative estimate of drug-likeness (QED) is 0.635. The number of hydrogen-bond acceptors (Lipinski definition) is 4. The van der Waals surface area contributed by atoms with Crippen LogP contribution >= 0.6 is 0 Å². The molecule has 104 valence electrons. The molecule has 1 aromatic carbocycles. The van der Waals surface area contributed by atoms with Crippen LogP contribution in [0.4, 0.5) is 20.2 Å². The highest BCUT2D eigenvalue weighted by Gasteiger charge is 2.26. The fraction of sp³-hybridized carbons (Fsp3) is 0.364. The van der Waals surface area contributed by atoms with Crippen molar-refractivity contribution < 1.29 is 23.6 Å². The first-order valence-corrected chi connectivity index (χ1v) is 5.47. The molecule has 0 atom stereocenters. The van der Waals surface area contributed by atoms with Crippen LogP contribution in [-0.2, 0) is 4.79 Å². The minimum absolute atomic E-state index is 0.120. The van der Waals surface area contributed by atoms with E-state index in [0.29, 0.717) is 6.07 Å². The van der Waals surface area contributed by atoms with Crippen molar-refractivity contribution in [3.8, 4) is 0 Å². The van der Waals surface area contributed by atoms with E-state index < -0.39 is 33.9 Å². The van der Waals surface area contributed by atoms with Gasteiger partial charge in [-0.25, -0.2) is 8.78 Å². The van der Waals surface area contributed by atoms with Crippen molar-refractivity contribution >= 4 is 17.3 Å². The number of halogens is 2. The molecule has 1 N–H and O–H groups in total. The van der Waals surface area contributed by atoms with E-state index in [2.05, 4.69) is 0 Å². The summed E-state index contributed by atoms with van der Waals surface area (Å²) in [5.41, 5.74) is -1.11. The normalized spacial score (nSPS) is 10.3. The van der Waals surface area contributed by atoms with Gasteiger partial charge in [0.25, 0.3) is 5.69 Å². The van der Waals surface area contributed by atoms with E-state index in [4.69, 9.17) is 5.11 Å². The highest BCUT2D eigenvalue weighted by Crippen LogP contribution is 2.32. The Kier molecular flexibility index (Phi) is 4.74. The summed E-state index contributed by atoms with van der Waals surface area (Å²) in [5.74, 6) is -3.69. The SMILES string of the molecule is CCN(CCC(=O)O)c1c([N+](=O)[O-])ccc(F)c1F. The van der Waals surface area contributed by atoms with Crippen molar-refractivity contribution in [3.05, 3.63) is 33.9 Å². The minimum Gasteiger partial charge on any atom is -0.481 e. The van der Waals surface area contributed by atoms with Gasteiger partial charge in [-0.3, -0.25) is 14.9 Å². The molecule has 0 bridgehead atoms. The molecular weight excluding hydrogens is 262 g/mol. The Morgan fingerprint density at radius 1 is 1.47 bits per heavy atom. The maximum atomic E-state index is 13.7. The molecule has 6 nitrogen and oxygen atoms in total. The number of nitro groups is 1. The standard InChI is InChI=1S/C11H12F2N2O4/c1-2-14(6-5-9(16)17)11-8(15(18)19)4-3-7(12)10(11)13/h3-4H,2,5-6H2,1H3,(H,16,17). The van der Waals surface area contributed by atoms with Crippen LogP contribution in [0.1, 0.15) is 13.3 Å². The van der Waals surface area contributed by atoms with Gasteiger partial charge in [-0.1, -0.05) is 0 Å². The number of anilines is 1. The minimum atomic E-state index is -1.35. The van der Waals surface area contributed by atoms with Gasteiger partial charge in [0.2, 0.25) is 0 Å². The molecule has 8 heteroatoms. The molecule has 0 aliphatic heterocycles. The third-order valence-electron chi connectivity index (χ3n) is 2.54. The number of nitro benzene ring substituents is 1. The van der Waals surface area contributed by atoms with Crippen LogP contribution in [0.25, 0.3) is 0 Å². The van der Waals surface area contributed by atoms with E-state index in [1.54, 1.807) is 6.92 Å². The highest BCUT2D eigenvalue weighted by molar-refractivity contribution is 5.69. The largest absolute Gasteiger partial charge is 0.481 e. The molecule has 19 heavy (non-hydrogen) atoms. The number of carbonyl (C=O) groups is 1. The van der Waals surface area contributed by atoms with E-state index in [9.17, 15) is 23.7 Å². The van der Waals surface area contributed by atoms with Gasteiger partial charge in [0.1, 0.15) is 0 Å². The zero-order valence-electron chi connectivity index (χ0n) is 10.1. The van der Waals surface area contributed by atoms with Gasteiger partial charge < -0.3 is 10.0 Å². The number of carboxylic acid groups (broad SMARTS) is 1. The lowest BCUT2D eigenvalue weighted by molar-refractivity contribution is -0.384. The zero-order valence-corrected chi connectivity index (χ0v) is 10.1. The van der Waals surface area contributed by atoms with Crippen molar-refractivity contribution in [1.29, 1.82) is 0 Å². The molecule has 0 unspecified atom stereocenters. The van der Waals surface area contributed by atoms with Crippen molar-refractivity contribution in [2.75, 3.05) is 18.0 Å². The molecule has 0 spiro atoms. The van der Waals surface area contributed by atoms with E-state index in [1.807, 2.05) is 0 Å². The lowest BCUT2D eigenvalue weighted by Gasteiger charge is -2.22. The Bertz CT molecular complexity index is 508. The Morgan fingerprint density at radius 2 is 2.11 bits per heavy atom.